The molecule has 0 fully saturated rings. The molecule has 3 aromatic heterocycles. The van der Waals surface area contributed by atoms with Gasteiger partial charge in [-0.2, -0.15) is 0 Å². The topological polar surface area (TPSA) is 43.9 Å². The molecule has 0 saturated heterocycles. The number of hydrogen-bond donors (Lipinski definition) is 0. The van der Waals surface area contributed by atoms with Crippen LogP contribution in [0.1, 0.15) is 0 Å². The van der Waals surface area contributed by atoms with Crippen LogP contribution in [0.5, 0.6) is 0 Å². The highest BCUT2D eigenvalue weighted by Crippen LogP contribution is 2.43. The summed E-state index contributed by atoms with van der Waals surface area (Å²) >= 11 is 0. The van der Waals surface area contributed by atoms with Crippen LogP contribution in [0.25, 0.3) is 116 Å². The molecule has 4 heteroatoms. The number of furan rings is 1. The zero-order valence-electron chi connectivity index (χ0n) is 30.1. The van der Waals surface area contributed by atoms with E-state index in [0.29, 0.717) is 5.95 Å². The second-order valence-electron chi connectivity index (χ2n) is 14.6. The average molecular weight is 714 g/mol. The van der Waals surface area contributed by atoms with Gasteiger partial charge in [-0.05, 0) is 92.3 Å². The number of hydrogen-bond acceptors (Lipinski definition) is 3. The minimum Gasteiger partial charge on any atom is -0.456 e. The van der Waals surface area contributed by atoms with Crippen LogP contribution in [-0.4, -0.2) is 14.5 Å². The van der Waals surface area contributed by atoms with Crippen LogP contribution in [-0.2, 0) is 0 Å². The number of fused-ring (bicyclic) bond motifs is 10. The van der Waals surface area contributed by atoms with E-state index < -0.39 is 0 Å². The van der Waals surface area contributed by atoms with Gasteiger partial charge in [0.1, 0.15) is 11.2 Å². The Morgan fingerprint density at radius 1 is 0.375 bits per heavy atom. The Morgan fingerprint density at radius 3 is 1.88 bits per heavy atom. The maximum atomic E-state index is 6.75. The average Bonchev–Trinajstić information content (AvgIpc) is 3.80. The molecule has 0 aliphatic carbocycles. The number of nitrogens with zero attached hydrogens (tertiary/aromatic N) is 3. The molecule has 0 aliphatic heterocycles. The smallest absolute Gasteiger partial charge is 0.235 e. The predicted molar refractivity (Wildman–Crippen MR) is 232 cm³/mol. The largest absolute Gasteiger partial charge is 0.456 e. The molecule has 0 amide bonds. The standard InChI is InChI=1S/C52H31N3O/c1-3-13-32(14-4-1)37-24-25-45-42(27-37)49-39-20-10-9-17-34(39)23-26-46(49)55(45)52-53-44-22-12-11-21-40(44)51(54-52)38-29-41(33-15-5-2-6-16-33)50-43-28-35-18-7-8-19-36(35)30-47(43)56-48(50)31-38/h1-31H. The lowest BCUT2D eigenvalue weighted by Crippen LogP contribution is -2.03. The lowest BCUT2D eigenvalue weighted by atomic mass is 9.94. The second kappa shape index (κ2) is 12.0. The highest BCUT2D eigenvalue weighted by molar-refractivity contribution is 6.22. The van der Waals surface area contributed by atoms with Crippen LogP contribution in [0.4, 0.5) is 0 Å². The van der Waals surface area contributed by atoms with Gasteiger partial charge < -0.3 is 4.42 Å². The van der Waals surface area contributed by atoms with Crippen LogP contribution in [0, 0.1) is 0 Å². The van der Waals surface area contributed by atoms with Crippen molar-refractivity contribution in [3.8, 4) is 39.5 Å². The van der Waals surface area contributed by atoms with Crippen LogP contribution < -0.4 is 0 Å². The van der Waals surface area contributed by atoms with Gasteiger partial charge in [-0.25, -0.2) is 9.97 Å². The molecule has 9 aromatic carbocycles. The zero-order valence-corrected chi connectivity index (χ0v) is 30.1. The summed E-state index contributed by atoms with van der Waals surface area (Å²) in [5, 5.41) is 10.3. The molecule has 0 radical (unpaired) electrons. The Bertz CT molecular complexity index is 3530. The fourth-order valence-corrected chi connectivity index (χ4v) is 8.77. The molecule has 4 nitrogen and oxygen atoms in total. The van der Waals surface area contributed by atoms with Gasteiger partial charge in [0.05, 0.1) is 22.2 Å². The highest BCUT2D eigenvalue weighted by Gasteiger charge is 2.22. The van der Waals surface area contributed by atoms with E-state index in [1.54, 1.807) is 0 Å². The van der Waals surface area contributed by atoms with Crippen molar-refractivity contribution in [2.24, 2.45) is 0 Å². The molecule has 0 N–H and O–H groups in total. The van der Waals surface area contributed by atoms with Gasteiger partial charge in [-0.15, -0.1) is 0 Å². The molecule has 3 heterocycles. The molecule has 0 saturated carbocycles. The van der Waals surface area contributed by atoms with Gasteiger partial charge >= 0.3 is 0 Å². The molecule has 260 valence electrons. The van der Waals surface area contributed by atoms with Crippen molar-refractivity contribution < 1.29 is 4.42 Å². The Labute approximate surface area is 321 Å². The van der Waals surface area contributed by atoms with Gasteiger partial charge in [-0.3, -0.25) is 4.57 Å². The fraction of sp³-hybridized carbons (Fsp3) is 0. The first kappa shape index (κ1) is 30.9. The summed E-state index contributed by atoms with van der Waals surface area (Å²) in [6, 6.07) is 66.7. The summed E-state index contributed by atoms with van der Waals surface area (Å²) in [7, 11) is 0. The van der Waals surface area contributed by atoms with Crippen molar-refractivity contribution in [3.05, 3.63) is 188 Å². The molecule has 0 atom stereocenters. The van der Waals surface area contributed by atoms with Crippen molar-refractivity contribution in [2.75, 3.05) is 0 Å². The lowest BCUT2D eigenvalue weighted by molar-refractivity contribution is 0.669. The Morgan fingerprint density at radius 2 is 1.05 bits per heavy atom. The molecule has 0 aliphatic rings. The van der Waals surface area contributed by atoms with Crippen LogP contribution in [0.2, 0.25) is 0 Å². The summed E-state index contributed by atoms with van der Waals surface area (Å²) < 4.78 is 9.00. The third-order valence-electron chi connectivity index (χ3n) is 11.4. The third kappa shape index (κ3) is 4.66. The molecular formula is C52H31N3O. The molecule has 0 spiro atoms. The van der Waals surface area contributed by atoms with Gasteiger partial charge in [0.2, 0.25) is 5.95 Å². The van der Waals surface area contributed by atoms with Crippen molar-refractivity contribution >= 4 is 76.2 Å². The van der Waals surface area contributed by atoms with Crippen molar-refractivity contribution in [1.82, 2.24) is 14.5 Å². The number of benzene rings is 9. The predicted octanol–water partition coefficient (Wildman–Crippen LogP) is 13.9. The first-order valence-corrected chi connectivity index (χ1v) is 19.0. The minimum atomic E-state index is 0.624. The van der Waals surface area contributed by atoms with E-state index in [1.165, 1.54) is 38.1 Å². The first-order valence-electron chi connectivity index (χ1n) is 19.0. The Balaban J connectivity index is 1.16. The van der Waals surface area contributed by atoms with E-state index in [2.05, 4.69) is 193 Å². The fourth-order valence-electron chi connectivity index (χ4n) is 8.77. The maximum Gasteiger partial charge on any atom is 0.235 e. The van der Waals surface area contributed by atoms with E-state index in [9.17, 15) is 0 Å². The van der Waals surface area contributed by atoms with Crippen molar-refractivity contribution in [3.63, 3.8) is 0 Å². The highest BCUT2D eigenvalue weighted by atomic mass is 16.3. The van der Waals surface area contributed by atoms with Gasteiger partial charge in [0.15, 0.2) is 0 Å². The van der Waals surface area contributed by atoms with Gasteiger partial charge in [-0.1, -0.05) is 140 Å². The SMILES string of the molecule is c1ccc(-c2ccc3c(c2)c2c4ccccc4ccc2n3-c2nc(-c3cc(-c4ccccc4)c4c(c3)oc3cc5ccccc5cc34)c3ccccc3n2)cc1. The van der Waals surface area contributed by atoms with E-state index in [1.807, 2.05) is 0 Å². The third-order valence-corrected chi connectivity index (χ3v) is 11.4. The molecule has 12 aromatic rings. The van der Waals surface area contributed by atoms with Crippen LogP contribution in [0.3, 0.4) is 0 Å². The van der Waals surface area contributed by atoms with E-state index >= 15 is 0 Å². The number of aromatic nitrogens is 3. The zero-order chi connectivity index (χ0) is 36.7. The normalized spacial score (nSPS) is 11.9. The monoisotopic (exact) mass is 713 g/mol. The van der Waals surface area contributed by atoms with Gasteiger partial charge in [0.25, 0.3) is 0 Å². The minimum absolute atomic E-state index is 0.624. The molecule has 12 rings (SSSR count). The van der Waals surface area contributed by atoms with E-state index in [-0.39, 0.29) is 0 Å². The Kier molecular flexibility index (Phi) is 6.60. The van der Waals surface area contributed by atoms with E-state index in [0.717, 1.165) is 71.6 Å². The van der Waals surface area contributed by atoms with Crippen LogP contribution >= 0.6 is 0 Å². The van der Waals surface area contributed by atoms with Crippen LogP contribution in [0.15, 0.2) is 192 Å². The summed E-state index contributed by atoms with van der Waals surface area (Å²) in [5.74, 6) is 0.624. The van der Waals surface area contributed by atoms with E-state index in [4.69, 9.17) is 14.4 Å². The number of rotatable bonds is 4. The second-order valence-corrected chi connectivity index (χ2v) is 14.6. The van der Waals surface area contributed by atoms with Gasteiger partial charge in [0, 0.05) is 32.5 Å². The molecular weight excluding hydrogens is 683 g/mol. The summed E-state index contributed by atoms with van der Waals surface area (Å²) in [6.45, 7) is 0. The van der Waals surface area contributed by atoms with Crippen molar-refractivity contribution in [1.29, 1.82) is 0 Å². The first-order chi connectivity index (χ1) is 27.7. The molecule has 0 unspecified atom stereocenters. The maximum absolute atomic E-state index is 6.75. The summed E-state index contributed by atoms with van der Waals surface area (Å²) in [6.07, 6.45) is 0. The molecule has 0 bridgehead atoms. The Hall–Kier alpha value is -7.56. The molecule has 56 heavy (non-hydrogen) atoms. The number of para-hydroxylation sites is 1. The summed E-state index contributed by atoms with van der Waals surface area (Å²) in [4.78, 5) is 10.8. The lowest BCUT2D eigenvalue weighted by Gasteiger charge is -2.13. The summed E-state index contributed by atoms with van der Waals surface area (Å²) in [5.41, 5.74) is 11.1. The quantitative estimate of drug-likeness (QED) is 0.182. The van der Waals surface area contributed by atoms with Crippen molar-refractivity contribution in [2.45, 2.75) is 0 Å².